The normalized spacial score (nSPS) is 14.3. The van der Waals surface area contributed by atoms with Gasteiger partial charge in [0.25, 0.3) is 0 Å². The Labute approximate surface area is 120 Å². The smallest absolute Gasteiger partial charge is 0.0607 e. The molecule has 0 aliphatic carbocycles. The number of anilines is 2. The van der Waals surface area contributed by atoms with Crippen LogP contribution in [0.25, 0.3) is 0 Å². The maximum Gasteiger partial charge on any atom is 0.0607 e. The van der Waals surface area contributed by atoms with E-state index in [0.29, 0.717) is 6.54 Å². The maximum absolute atomic E-state index is 5.85. The molecule has 0 atom stereocenters. The molecule has 0 aromatic heterocycles. The highest BCUT2D eigenvalue weighted by molar-refractivity contribution is 5.73. The van der Waals surface area contributed by atoms with Crippen LogP contribution >= 0.6 is 0 Å². The van der Waals surface area contributed by atoms with Crippen molar-refractivity contribution in [2.75, 3.05) is 29.9 Å². The Morgan fingerprint density at radius 2 is 1.55 bits per heavy atom. The predicted molar refractivity (Wildman–Crippen MR) is 85.1 cm³/mol. The number of fused-ring (bicyclic) bond motifs is 1. The second kappa shape index (κ2) is 5.55. The highest BCUT2D eigenvalue weighted by Crippen LogP contribution is 2.32. The van der Waals surface area contributed by atoms with Crippen molar-refractivity contribution in [3.8, 4) is 0 Å². The molecule has 0 amide bonds. The predicted octanol–water partition coefficient (Wildman–Crippen LogP) is 2.60. The van der Waals surface area contributed by atoms with Gasteiger partial charge in [0.05, 0.1) is 11.4 Å². The van der Waals surface area contributed by atoms with E-state index in [1.807, 2.05) is 0 Å². The molecule has 0 bridgehead atoms. The highest BCUT2D eigenvalue weighted by Gasteiger charge is 2.20. The van der Waals surface area contributed by atoms with Crippen molar-refractivity contribution >= 4 is 11.4 Å². The van der Waals surface area contributed by atoms with E-state index in [9.17, 15) is 0 Å². The van der Waals surface area contributed by atoms with E-state index < -0.39 is 0 Å². The van der Waals surface area contributed by atoms with Crippen LogP contribution in [-0.4, -0.2) is 20.1 Å². The molecule has 1 heterocycles. The van der Waals surface area contributed by atoms with Crippen molar-refractivity contribution in [3.05, 3.63) is 59.7 Å². The average Bonchev–Trinajstić information content (AvgIpc) is 2.51. The van der Waals surface area contributed by atoms with Gasteiger partial charge in [-0.3, -0.25) is 0 Å². The zero-order valence-corrected chi connectivity index (χ0v) is 11.9. The molecule has 2 aromatic carbocycles. The SMILES string of the molecule is CN1CCN(Cc2ccccc2CN)c2ccccc21. The average molecular weight is 267 g/mol. The number of nitrogens with zero attached hydrogens (tertiary/aromatic N) is 2. The molecule has 104 valence electrons. The van der Waals surface area contributed by atoms with E-state index in [1.54, 1.807) is 0 Å². The summed E-state index contributed by atoms with van der Waals surface area (Å²) >= 11 is 0. The molecule has 3 nitrogen and oxygen atoms in total. The van der Waals surface area contributed by atoms with Crippen LogP contribution in [0.15, 0.2) is 48.5 Å². The molecular weight excluding hydrogens is 246 g/mol. The Hall–Kier alpha value is -2.00. The molecule has 0 spiro atoms. The monoisotopic (exact) mass is 267 g/mol. The Balaban J connectivity index is 1.91. The lowest BCUT2D eigenvalue weighted by molar-refractivity contribution is 0.730. The standard InChI is InChI=1S/C17H21N3/c1-19-10-11-20(17-9-5-4-8-16(17)19)13-15-7-3-2-6-14(15)12-18/h2-9H,10-13,18H2,1H3. The second-order valence-corrected chi connectivity index (χ2v) is 5.30. The van der Waals surface area contributed by atoms with Gasteiger partial charge in [-0.1, -0.05) is 36.4 Å². The molecule has 3 rings (SSSR count). The van der Waals surface area contributed by atoms with Crippen molar-refractivity contribution in [1.29, 1.82) is 0 Å². The van der Waals surface area contributed by atoms with Crippen molar-refractivity contribution in [2.24, 2.45) is 5.73 Å². The minimum Gasteiger partial charge on any atom is -0.371 e. The first-order chi connectivity index (χ1) is 9.79. The molecule has 2 aromatic rings. The van der Waals surface area contributed by atoms with Crippen LogP contribution in [0.5, 0.6) is 0 Å². The lowest BCUT2D eigenvalue weighted by Crippen LogP contribution is -2.38. The molecule has 0 saturated heterocycles. The minimum absolute atomic E-state index is 0.603. The summed E-state index contributed by atoms with van der Waals surface area (Å²) in [7, 11) is 2.16. The van der Waals surface area contributed by atoms with Crippen LogP contribution in [-0.2, 0) is 13.1 Å². The second-order valence-electron chi connectivity index (χ2n) is 5.30. The van der Waals surface area contributed by atoms with Crippen LogP contribution in [0, 0.1) is 0 Å². The first kappa shape index (κ1) is 13.0. The van der Waals surface area contributed by atoms with E-state index in [0.717, 1.165) is 19.6 Å². The van der Waals surface area contributed by atoms with Gasteiger partial charge >= 0.3 is 0 Å². The summed E-state index contributed by atoms with van der Waals surface area (Å²) in [6.07, 6.45) is 0. The van der Waals surface area contributed by atoms with E-state index in [2.05, 4.69) is 65.4 Å². The summed E-state index contributed by atoms with van der Waals surface area (Å²) in [5.41, 5.74) is 11.0. The first-order valence-electron chi connectivity index (χ1n) is 7.11. The third kappa shape index (κ3) is 2.37. The summed E-state index contributed by atoms with van der Waals surface area (Å²) in [5.74, 6) is 0. The maximum atomic E-state index is 5.85. The number of hydrogen-bond donors (Lipinski definition) is 1. The van der Waals surface area contributed by atoms with Gasteiger partial charge in [-0.15, -0.1) is 0 Å². The lowest BCUT2D eigenvalue weighted by atomic mass is 10.1. The quantitative estimate of drug-likeness (QED) is 0.928. The summed E-state index contributed by atoms with van der Waals surface area (Å²) in [6, 6.07) is 17.1. The highest BCUT2D eigenvalue weighted by atomic mass is 15.2. The Morgan fingerprint density at radius 1 is 0.900 bits per heavy atom. The molecule has 3 heteroatoms. The number of rotatable bonds is 3. The van der Waals surface area contributed by atoms with Crippen LogP contribution in [0.2, 0.25) is 0 Å². The molecule has 0 unspecified atom stereocenters. The molecule has 1 aliphatic heterocycles. The Bertz CT molecular complexity index is 594. The number of likely N-dealkylation sites (N-methyl/N-ethyl adjacent to an activating group) is 1. The van der Waals surface area contributed by atoms with E-state index >= 15 is 0 Å². The number of benzene rings is 2. The number of para-hydroxylation sites is 2. The van der Waals surface area contributed by atoms with Crippen LogP contribution in [0.3, 0.4) is 0 Å². The third-order valence-electron chi connectivity index (χ3n) is 4.04. The van der Waals surface area contributed by atoms with Gasteiger partial charge in [-0.2, -0.15) is 0 Å². The molecule has 20 heavy (non-hydrogen) atoms. The third-order valence-corrected chi connectivity index (χ3v) is 4.04. The topological polar surface area (TPSA) is 32.5 Å². The van der Waals surface area contributed by atoms with Gasteiger partial charge in [0.2, 0.25) is 0 Å². The van der Waals surface area contributed by atoms with Crippen molar-refractivity contribution in [1.82, 2.24) is 0 Å². The minimum atomic E-state index is 0.603. The van der Waals surface area contributed by atoms with Crippen molar-refractivity contribution < 1.29 is 0 Å². The van der Waals surface area contributed by atoms with Crippen molar-refractivity contribution in [3.63, 3.8) is 0 Å². The zero-order valence-electron chi connectivity index (χ0n) is 11.9. The largest absolute Gasteiger partial charge is 0.371 e. The molecule has 0 fully saturated rings. The number of nitrogens with two attached hydrogens (primary N) is 1. The summed E-state index contributed by atoms with van der Waals surface area (Å²) in [5, 5.41) is 0. The molecule has 1 aliphatic rings. The summed E-state index contributed by atoms with van der Waals surface area (Å²) in [4.78, 5) is 4.77. The molecule has 0 saturated carbocycles. The zero-order chi connectivity index (χ0) is 13.9. The van der Waals surface area contributed by atoms with Gasteiger partial charge in [0.15, 0.2) is 0 Å². The fourth-order valence-corrected chi connectivity index (χ4v) is 2.85. The fraction of sp³-hybridized carbons (Fsp3) is 0.294. The fourth-order valence-electron chi connectivity index (χ4n) is 2.85. The summed E-state index contributed by atoms with van der Waals surface area (Å²) < 4.78 is 0. The van der Waals surface area contributed by atoms with Gasteiger partial charge in [0, 0.05) is 33.2 Å². The van der Waals surface area contributed by atoms with Gasteiger partial charge in [0.1, 0.15) is 0 Å². The number of hydrogen-bond acceptors (Lipinski definition) is 3. The van der Waals surface area contributed by atoms with Crippen LogP contribution in [0.4, 0.5) is 11.4 Å². The van der Waals surface area contributed by atoms with Crippen LogP contribution < -0.4 is 15.5 Å². The van der Waals surface area contributed by atoms with Gasteiger partial charge < -0.3 is 15.5 Å². The van der Waals surface area contributed by atoms with E-state index in [-0.39, 0.29) is 0 Å². The molecular formula is C17H21N3. The summed E-state index contributed by atoms with van der Waals surface area (Å²) in [6.45, 7) is 3.64. The first-order valence-corrected chi connectivity index (χ1v) is 7.11. The lowest BCUT2D eigenvalue weighted by Gasteiger charge is -2.37. The van der Waals surface area contributed by atoms with E-state index in [1.165, 1.54) is 22.5 Å². The van der Waals surface area contributed by atoms with Crippen molar-refractivity contribution in [2.45, 2.75) is 13.1 Å². The molecule has 2 N–H and O–H groups in total. The molecule has 0 radical (unpaired) electrons. The van der Waals surface area contributed by atoms with E-state index in [4.69, 9.17) is 5.73 Å². The Morgan fingerprint density at radius 3 is 2.30 bits per heavy atom. The van der Waals surface area contributed by atoms with Gasteiger partial charge in [-0.25, -0.2) is 0 Å². The van der Waals surface area contributed by atoms with Crippen LogP contribution in [0.1, 0.15) is 11.1 Å². The van der Waals surface area contributed by atoms with Gasteiger partial charge in [-0.05, 0) is 23.3 Å². The Kier molecular flexibility index (Phi) is 3.61.